The van der Waals surface area contributed by atoms with Gasteiger partial charge in [-0.1, -0.05) is 0 Å². The first-order valence-electron chi connectivity index (χ1n) is 5.61. The molecular weight excluding hydrogens is 260 g/mol. The number of rotatable bonds is 4. The first-order chi connectivity index (χ1) is 9.20. The summed E-state index contributed by atoms with van der Waals surface area (Å²) in [5.74, 6) is 0.821. The Morgan fingerprint density at radius 1 is 1.37 bits per heavy atom. The van der Waals surface area contributed by atoms with Gasteiger partial charge in [0.05, 0.1) is 19.0 Å². The number of hydrogen-bond donors (Lipinski definition) is 2. The fraction of sp³-hybridized carbons (Fsp3) is 0.0769. The van der Waals surface area contributed by atoms with Gasteiger partial charge in [-0.05, 0) is 48.6 Å². The minimum absolute atomic E-state index is 0.138. The summed E-state index contributed by atoms with van der Waals surface area (Å²) in [5, 5.41) is 4.08. The third kappa shape index (κ3) is 3.32. The molecule has 0 aliphatic heterocycles. The summed E-state index contributed by atoms with van der Waals surface area (Å²) < 4.78 is 7.12. The highest BCUT2D eigenvalue weighted by Crippen LogP contribution is 2.16. The Morgan fingerprint density at radius 3 is 2.74 bits per heavy atom. The van der Waals surface area contributed by atoms with Crippen LogP contribution in [0.1, 0.15) is 5.69 Å². The second-order valence-corrected chi connectivity index (χ2v) is 4.18. The Bertz CT molecular complexity index is 589. The second kappa shape index (κ2) is 6.01. The molecule has 0 atom stereocenters. The summed E-state index contributed by atoms with van der Waals surface area (Å²) in [6, 6.07) is 11.6. The number of ether oxygens (including phenoxy) is 1. The van der Waals surface area contributed by atoms with Gasteiger partial charge in [-0.15, -0.1) is 0 Å². The van der Waals surface area contributed by atoms with Crippen molar-refractivity contribution in [1.29, 1.82) is 0 Å². The van der Waals surface area contributed by atoms with E-state index in [9.17, 15) is 0 Å². The molecule has 0 saturated heterocycles. The van der Waals surface area contributed by atoms with Gasteiger partial charge < -0.3 is 15.0 Å². The average molecular weight is 274 g/mol. The van der Waals surface area contributed by atoms with Crippen LogP contribution in [0.4, 0.5) is 0 Å². The predicted octanol–water partition coefficient (Wildman–Crippen LogP) is 1.65. The molecule has 98 valence electrons. The fourth-order valence-electron chi connectivity index (χ4n) is 1.64. The van der Waals surface area contributed by atoms with Crippen LogP contribution in [0.15, 0.2) is 47.7 Å². The zero-order chi connectivity index (χ0) is 13.7. The van der Waals surface area contributed by atoms with Crippen LogP contribution in [0.3, 0.4) is 0 Å². The minimum atomic E-state index is 0.138. The Hall–Kier alpha value is -2.34. The van der Waals surface area contributed by atoms with E-state index in [2.05, 4.69) is 22.7 Å². The van der Waals surface area contributed by atoms with Gasteiger partial charge >= 0.3 is 0 Å². The first kappa shape index (κ1) is 13.1. The van der Waals surface area contributed by atoms with Crippen LogP contribution < -0.4 is 15.9 Å². The van der Waals surface area contributed by atoms with Crippen molar-refractivity contribution in [3.05, 3.63) is 48.3 Å². The number of methoxy groups -OCH3 is 1. The molecule has 0 saturated carbocycles. The van der Waals surface area contributed by atoms with Gasteiger partial charge in [-0.2, -0.15) is 5.10 Å². The molecule has 0 spiro atoms. The van der Waals surface area contributed by atoms with Crippen molar-refractivity contribution in [1.82, 2.24) is 9.99 Å². The lowest BCUT2D eigenvalue weighted by molar-refractivity contribution is 0.415. The summed E-state index contributed by atoms with van der Waals surface area (Å²) in [5.41, 5.74) is 9.75. The van der Waals surface area contributed by atoms with Gasteiger partial charge in [-0.3, -0.25) is 5.43 Å². The van der Waals surface area contributed by atoms with E-state index < -0.39 is 0 Å². The van der Waals surface area contributed by atoms with Gasteiger partial charge in [0.1, 0.15) is 5.75 Å². The van der Waals surface area contributed by atoms with E-state index in [1.807, 2.05) is 47.2 Å². The van der Waals surface area contributed by atoms with Gasteiger partial charge in [0.15, 0.2) is 5.11 Å². The standard InChI is InChI=1S/C13H14N4OS/c1-18-12-6-4-10(5-7-12)17-8-2-3-11(17)9-15-16-13(14)19/h2-9H,1H3,(H3,14,16,19)/b15-9+. The molecule has 0 bridgehead atoms. The maximum Gasteiger partial charge on any atom is 0.184 e. The van der Waals surface area contributed by atoms with E-state index in [0.717, 1.165) is 17.1 Å². The molecule has 5 nitrogen and oxygen atoms in total. The molecule has 1 aromatic carbocycles. The van der Waals surface area contributed by atoms with E-state index in [-0.39, 0.29) is 5.11 Å². The van der Waals surface area contributed by atoms with E-state index in [4.69, 9.17) is 10.5 Å². The minimum Gasteiger partial charge on any atom is -0.497 e. The first-order valence-corrected chi connectivity index (χ1v) is 6.02. The molecule has 0 radical (unpaired) electrons. The molecule has 1 aromatic heterocycles. The van der Waals surface area contributed by atoms with E-state index in [1.165, 1.54) is 0 Å². The summed E-state index contributed by atoms with van der Waals surface area (Å²) >= 11 is 4.68. The lowest BCUT2D eigenvalue weighted by Crippen LogP contribution is -2.24. The van der Waals surface area contributed by atoms with Crippen LogP contribution in [-0.2, 0) is 0 Å². The van der Waals surface area contributed by atoms with Crippen LogP contribution in [0.2, 0.25) is 0 Å². The number of nitrogens with two attached hydrogens (primary N) is 1. The topological polar surface area (TPSA) is 64.6 Å². The molecule has 0 aliphatic carbocycles. The Balaban J connectivity index is 2.22. The number of hydrogen-bond acceptors (Lipinski definition) is 3. The van der Waals surface area contributed by atoms with Gasteiger partial charge in [0.2, 0.25) is 0 Å². The second-order valence-electron chi connectivity index (χ2n) is 3.74. The van der Waals surface area contributed by atoms with Gasteiger partial charge in [0.25, 0.3) is 0 Å². The fourth-order valence-corrected chi connectivity index (χ4v) is 1.69. The Kier molecular flexibility index (Phi) is 4.15. The largest absolute Gasteiger partial charge is 0.497 e. The van der Waals surface area contributed by atoms with Crippen LogP contribution in [0, 0.1) is 0 Å². The number of nitrogens with zero attached hydrogens (tertiary/aromatic N) is 2. The van der Waals surface area contributed by atoms with E-state index >= 15 is 0 Å². The van der Waals surface area contributed by atoms with Crippen molar-refractivity contribution in [3.8, 4) is 11.4 Å². The molecule has 0 aliphatic rings. The molecule has 0 amide bonds. The maximum atomic E-state index is 5.30. The molecule has 6 heteroatoms. The van der Waals surface area contributed by atoms with Crippen molar-refractivity contribution in [2.75, 3.05) is 7.11 Å². The van der Waals surface area contributed by atoms with Crippen molar-refractivity contribution in [3.63, 3.8) is 0 Å². The van der Waals surface area contributed by atoms with Crippen molar-refractivity contribution in [2.45, 2.75) is 0 Å². The van der Waals surface area contributed by atoms with Gasteiger partial charge in [0, 0.05) is 11.9 Å². The third-order valence-electron chi connectivity index (χ3n) is 2.50. The highest BCUT2D eigenvalue weighted by molar-refractivity contribution is 7.80. The quantitative estimate of drug-likeness (QED) is 0.505. The molecule has 0 unspecified atom stereocenters. The number of aromatic nitrogens is 1. The van der Waals surface area contributed by atoms with Crippen molar-refractivity contribution >= 4 is 23.5 Å². The molecule has 0 fully saturated rings. The SMILES string of the molecule is COc1ccc(-n2cccc2/C=N/NC(N)=S)cc1. The monoisotopic (exact) mass is 274 g/mol. The van der Waals surface area contributed by atoms with E-state index in [1.54, 1.807) is 13.3 Å². The van der Waals surface area contributed by atoms with Crippen LogP contribution in [-0.4, -0.2) is 23.0 Å². The molecular formula is C13H14N4OS. The van der Waals surface area contributed by atoms with Crippen LogP contribution in [0.25, 0.3) is 5.69 Å². The summed E-state index contributed by atoms with van der Waals surface area (Å²) in [7, 11) is 1.64. The highest BCUT2D eigenvalue weighted by atomic mass is 32.1. The zero-order valence-electron chi connectivity index (χ0n) is 10.4. The number of hydrazone groups is 1. The smallest absolute Gasteiger partial charge is 0.184 e. The summed E-state index contributed by atoms with van der Waals surface area (Å²) in [6.07, 6.45) is 3.60. The Morgan fingerprint density at radius 2 is 2.11 bits per heavy atom. The van der Waals surface area contributed by atoms with Gasteiger partial charge in [-0.25, -0.2) is 0 Å². The zero-order valence-corrected chi connectivity index (χ0v) is 11.2. The maximum absolute atomic E-state index is 5.30. The third-order valence-corrected chi connectivity index (χ3v) is 2.59. The van der Waals surface area contributed by atoms with Crippen LogP contribution in [0.5, 0.6) is 5.75 Å². The van der Waals surface area contributed by atoms with Crippen molar-refractivity contribution in [2.24, 2.45) is 10.8 Å². The average Bonchev–Trinajstić information content (AvgIpc) is 2.87. The van der Waals surface area contributed by atoms with Crippen LogP contribution >= 0.6 is 12.2 Å². The van der Waals surface area contributed by atoms with E-state index in [0.29, 0.717) is 0 Å². The summed E-state index contributed by atoms with van der Waals surface area (Å²) in [4.78, 5) is 0. The van der Waals surface area contributed by atoms with Crippen molar-refractivity contribution < 1.29 is 4.74 Å². The molecule has 1 heterocycles. The Labute approximate surface area is 116 Å². The number of benzene rings is 1. The molecule has 2 rings (SSSR count). The molecule has 19 heavy (non-hydrogen) atoms. The number of nitrogens with one attached hydrogen (secondary N) is 1. The normalized spacial score (nSPS) is 10.6. The molecule has 3 N–H and O–H groups in total. The lowest BCUT2D eigenvalue weighted by atomic mass is 10.3. The number of thiocarbonyl (C=S) groups is 1. The summed E-state index contributed by atoms with van der Waals surface area (Å²) in [6.45, 7) is 0. The molecule has 2 aromatic rings. The predicted molar refractivity (Wildman–Crippen MR) is 79.8 cm³/mol. The highest BCUT2D eigenvalue weighted by Gasteiger charge is 2.01. The lowest BCUT2D eigenvalue weighted by Gasteiger charge is -2.07.